The number of pyridine rings is 1. The number of benzene rings is 3. The number of carbonyl (C=O) groups excluding carboxylic acids is 1. The molecule has 16 nitrogen and oxygen atoms in total. The molecule has 0 saturated carbocycles. The van der Waals surface area contributed by atoms with Gasteiger partial charge in [0.25, 0.3) is 21.6 Å². The van der Waals surface area contributed by atoms with Crippen LogP contribution in [-0.2, 0) is 21.2 Å². The van der Waals surface area contributed by atoms with E-state index in [9.17, 15) is 32.8 Å². The number of ether oxygens (including phenoxy) is 2. The van der Waals surface area contributed by atoms with Gasteiger partial charge in [-0.3, -0.25) is 24.7 Å². The van der Waals surface area contributed by atoms with Gasteiger partial charge in [-0.05, 0) is 91.8 Å². The van der Waals surface area contributed by atoms with E-state index in [2.05, 4.69) is 34.7 Å². The molecule has 1 amide bonds. The Morgan fingerprint density at radius 3 is 2.57 bits per heavy atom. The van der Waals surface area contributed by atoms with Crippen molar-refractivity contribution in [3.63, 3.8) is 0 Å². The molecule has 4 N–H and O–H groups in total. The molecular weight excluding hydrogens is 855 g/mol. The predicted octanol–water partition coefficient (Wildman–Crippen LogP) is 6.40. The summed E-state index contributed by atoms with van der Waals surface area (Å²) in [5.41, 5.74) is 1.62. The molecule has 332 valence electrons. The van der Waals surface area contributed by atoms with Gasteiger partial charge in [0.2, 0.25) is 0 Å². The Labute approximate surface area is 368 Å². The average Bonchev–Trinajstić information content (AvgIpc) is 3.61. The summed E-state index contributed by atoms with van der Waals surface area (Å²) in [6.07, 6.45) is 7.83. The number of sulfonamides is 1. The van der Waals surface area contributed by atoms with Crippen LogP contribution in [0, 0.1) is 15.9 Å². The van der Waals surface area contributed by atoms with Crippen molar-refractivity contribution in [3.05, 3.63) is 111 Å². The number of anilines is 2. The summed E-state index contributed by atoms with van der Waals surface area (Å²) in [4.78, 5) is 39.2. The lowest BCUT2D eigenvalue weighted by atomic mass is 9.90. The summed E-state index contributed by atoms with van der Waals surface area (Å²) < 4.78 is 55.7. The van der Waals surface area contributed by atoms with Gasteiger partial charge in [-0.15, -0.1) is 0 Å². The summed E-state index contributed by atoms with van der Waals surface area (Å²) >= 11 is 6.52. The van der Waals surface area contributed by atoms with Gasteiger partial charge < -0.3 is 29.8 Å². The second-order valence-corrected chi connectivity index (χ2v) is 18.9. The number of hydrogen-bond acceptors (Lipinski definition) is 13. The molecule has 1 atom stereocenters. The van der Waals surface area contributed by atoms with Crippen LogP contribution in [0.4, 0.5) is 21.5 Å². The fourth-order valence-electron chi connectivity index (χ4n) is 9.12. The lowest BCUT2D eigenvalue weighted by molar-refractivity contribution is -0.384. The topological polar surface area (TPSA) is 196 Å². The highest BCUT2D eigenvalue weighted by atomic mass is 35.5. The van der Waals surface area contributed by atoms with Crippen molar-refractivity contribution in [2.75, 3.05) is 69.2 Å². The van der Waals surface area contributed by atoms with Gasteiger partial charge in [-0.25, -0.2) is 22.5 Å². The van der Waals surface area contributed by atoms with Gasteiger partial charge in [0.05, 0.1) is 46.4 Å². The minimum absolute atomic E-state index is 0.0261. The molecular formula is C44H48ClFN8O8S. The van der Waals surface area contributed by atoms with Gasteiger partial charge in [0, 0.05) is 86.3 Å². The number of H-pyrrole nitrogens is 1. The predicted molar refractivity (Wildman–Crippen MR) is 235 cm³/mol. The fraction of sp³-hybridized carbons (Fsp3) is 0.409. The SMILES string of the molecule is O=C(NS(=O)(=O)c1ccc(NCC2(O)CCN(C3COC3)CC2)c([N+](=O)[O-])c1)c1ccc(N2CCN([C@@H]3CCCCc4c(Cl)cc(F)cc43)CC2)cc1Oc1cnc2[nH]ccc2c1. The summed E-state index contributed by atoms with van der Waals surface area (Å²) in [5, 5.41) is 27.6. The number of nitro benzene ring substituents is 1. The largest absolute Gasteiger partial charge is 0.455 e. The van der Waals surface area contributed by atoms with E-state index in [1.165, 1.54) is 30.5 Å². The number of hydrogen-bond donors (Lipinski definition) is 4. The highest BCUT2D eigenvalue weighted by Crippen LogP contribution is 2.39. The number of rotatable bonds is 12. The van der Waals surface area contributed by atoms with Gasteiger partial charge in [-0.1, -0.05) is 18.0 Å². The quantitative estimate of drug-likeness (QED) is 0.0611. The van der Waals surface area contributed by atoms with Crippen LogP contribution in [0.1, 0.15) is 59.6 Å². The number of nitrogens with one attached hydrogen (secondary N) is 3. The summed E-state index contributed by atoms with van der Waals surface area (Å²) in [5.74, 6) is -0.981. The van der Waals surface area contributed by atoms with E-state index >= 15 is 0 Å². The smallest absolute Gasteiger partial charge is 0.293 e. The van der Waals surface area contributed by atoms with Crippen molar-refractivity contribution in [3.8, 4) is 11.5 Å². The van der Waals surface area contributed by atoms with E-state index in [0.717, 1.165) is 54.0 Å². The molecule has 2 aromatic heterocycles. The second kappa shape index (κ2) is 17.7. The monoisotopic (exact) mass is 902 g/mol. The molecule has 0 unspecified atom stereocenters. The summed E-state index contributed by atoms with van der Waals surface area (Å²) in [7, 11) is -4.64. The Balaban J connectivity index is 0.922. The van der Waals surface area contributed by atoms with Crippen LogP contribution in [0.15, 0.2) is 78.0 Å². The molecule has 0 spiro atoms. The minimum atomic E-state index is -4.64. The van der Waals surface area contributed by atoms with E-state index in [4.69, 9.17) is 21.1 Å². The Hall–Kier alpha value is -5.37. The number of aliphatic hydroxyl groups is 1. The van der Waals surface area contributed by atoms with Crippen molar-refractivity contribution in [1.29, 1.82) is 0 Å². The molecule has 4 aliphatic rings. The maximum Gasteiger partial charge on any atom is 0.293 e. The number of nitrogens with zero attached hydrogens (tertiary/aromatic N) is 5. The van der Waals surface area contributed by atoms with Gasteiger partial charge in [0.1, 0.15) is 28.7 Å². The number of aromatic amines is 1. The molecule has 9 rings (SSSR count). The second-order valence-electron chi connectivity index (χ2n) is 16.8. The Morgan fingerprint density at radius 2 is 1.83 bits per heavy atom. The molecule has 0 radical (unpaired) electrons. The average molecular weight is 903 g/mol. The first-order valence-electron chi connectivity index (χ1n) is 21.2. The molecule has 5 heterocycles. The van der Waals surface area contributed by atoms with E-state index < -0.39 is 37.0 Å². The number of amides is 1. The summed E-state index contributed by atoms with van der Waals surface area (Å²) in [6, 6.07) is 15.1. The highest BCUT2D eigenvalue weighted by molar-refractivity contribution is 7.90. The van der Waals surface area contributed by atoms with Crippen LogP contribution < -0.4 is 19.7 Å². The van der Waals surface area contributed by atoms with Crippen molar-refractivity contribution in [1.82, 2.24) is 24.5 Å². The number of nitro groups is 1. The number of piperidine rings is 1. The van der Waals surface area contributed by atoms with Crippen molar-refractivity contribution >= 4 is 55.6 Å². The van der Waals surface area contributed by atoms with E-state index in [1.807, 2.05) is 6.07 Å². The lowest BCUT2D eigenvalue weighted by Crippen LogP contribution is -2.56. The van der Waals surface area contributed by atoms with Gasteiger partial charge in [0.15, 0.2) is 0 Å². The van der Waals surface area contributed by atoms with Gasteiger partial charge >= 0.3 is 0 Å². The molecule has 3 fully saturated rings. The van der Waals surface area contributed by atoms with Crippen LogP contribution in [0.3, 0.4) is 0 Å². The van der Waals surface area contributed by atoms with Gasteiger partial charge in [-0.2, -0.15) is 0 Å². The molecule has 0 bridgehead atoms. The van der Waals surface area contributed by atoms with E-state index in [-0.39, 0.29) is 35.4 Å². The molecule has 3 saturated heterocycles. The first-order valence-corrected chi connectivity index (χ1v) is 23.0. The van der Waals surface area contributed by atoms with Crippen LogP contribution >= 0.6 is 11.6 Å². The zero-order valence-electron chi connectivity index (χ0n) is 34.4. The standard InChI is InChI=1S/C44H48ClFN8O8S/c45-37-21-29(46)20-36-34(37)3-1-2-4-39(36)53-17-15-52(16-18-53)30-5-7-35(41(22-30)62-32-19-28-9-12-47-42(28)48-24-32)43(55)50-63(59,60)33-6-8-38(40(23-33)54(57)58)49-27-44(56)10-13-51(14-11-44)31-25-61-26-31/h5-9,12,19-24,31,39,49,56H,1-4,10-11,13-18,25-27H2,(H,47,48)(H,50,55)/t39-/m1/s1. The van der Waals surface area contributed by atoms with E-state index in [1.54, 1.807) is 30.5 Å². The Morgan fingerprint density at radius 1 is 1.03 bits per heavy atom. The third-order valence-electron chi connectivity index (χ3n) is 12.8. The van der Waals surface area contributed by atoms with Crippen LogP contribution in [0.2, 0.25) is 5.02 Å². The molecule has 1 aliphatic carbocycles. The van der Waals surface area contributed by atoms with Crippen molar-refractivity contribution < 1.29 is 37.1 Å². The minimum Gasteiger partial charge on any atom is -0.455 e. The number of likely N-dealkylation sites (tertiary alicyclic amines) is 1. The normalized spacial score (nSPS) is 19.8. The number of halogens is 2. The Bertz CT molecular complexity index is 2650. The molecule has 5 aromatic rings. The molecule has 3 aromatic carbocycles. The number of carbonyl (C=O) groups is 1. The number of fused-ring (bicyclic) bond motifs is 2. The highest BCUT2D eigenvalue weighted by Gasteiger charge is 2.37. The maximum absolute atomic E-state index is 14.6. The third-order valence-corrected chi connectivity index (χ3v) is 14.5. The van der Waals surface area contributed by atoms with Crippen molar-refractivity contribution in [2.24, 2.45) is 0 Å². The zero-order valence-corrected chi connectivity index (χ0v) is 36.0. The lowest BCUT2D eigenvalue weighted by Gasteiger charge is -2.44. The number of aromatic nitrogens is 2. The van der Waals surface area contributed by atoms with Crippen LogP contribution in [0.5, 0.6) is 11.5 Å². The number of piperazine rings is 1. The third kappa shape index (κ3) is 9.19. The van der Waals surface area contributed by atoms with Crippen LogP contribution in [0.25, 0.3) is 11.0 Å². The van der Waals surface area contributed by atoms with Crippen molar-refractivity contribution in [2.45, 2.75) is 61.1 Å². The first kappa shape index (κ1) is 42.9. The molecule has 19 heteroatoms. The maximum atomic E-state index is 14.6. The Kier molecular flexibility index (Phi) is 12.0. The zero-order chi connectivity index (χ0) is 43.9. The fourth-order valence-corrected chi connectivity index (χ4v) is 10.4. The summed E-state index contributed by atoms with van der Waals surface area (Å²) in [6.45, 7) is 5.27. The first-order chi connectivity index (χ1) is 30.3. The molecule has 3 aliphatic heterocycles. The molecule has 63 heavy (non-hydrogen) atoms. The van der Waals surface area contributed by atoms with E-state index in [0.29, 0.717) is 87.8 Å². The van der Waals surface area contributed by atoms with Crippen LogP contribution in [-0.4, -0.2) is 115 Å².